The molecule has 2 aromatic rings. The SMILES string of the molecule is CNS(=O)(=O)c1ccc(C(=O)N2CCc3ccccc32)o1. The Bertz CT molecular complexity index is 795. The lowest BCUT2D eigenvalue weighted by molar-refractivity contribution is 0.0957. The van der Waals surface area contributed by atoms with Gasteiger partial charge in [0.25, 0.3) is 15.9 Å². The second-order valence-corrected chi connectivity index (χ2v) is 6.48. The molecule has 3 rings (SSSR count). The molecule has 21 heavy (non-hydrogen) atoms. The maximum Gasteiger partial charge on any atom is 0.294 e. The minimum absolute atomic E-state index is 0.0144. The quantitative estimate of drug-likeness (QED) is 0.929. The summed E-state index contributed by atoms with van der Waals surface area (Å²) in [6, 6.07) is 10.3. The molecule has 0 radical (unpaired) electrons. The fourth-order valence-electron chi connectivity index (χ4n) is 2.36. The summed E-state index contributed by atoms with van der Waals surface area (Å²) < 4.78 is 30.6. The Morgan fingerprint density at radius 1 is 1.24 bits per heavy atom. The predicted molar refractivity (Wildman–Crippen MR) is 76.8 cm³/mol. The summed E-state index contributed by atoms with van der Waals surface area (Å²) in [4.78, 5) is 14.1. The van der Waals surface area contributed by atoms with Crippen LogP contribution in [0, 0.1) is 0 Å². The zero-order valence-corrected chi connectivity index (χ0v) is 12.2. The van der Waals surface area contributed by atoms with Crippen LogP contribution in [0.25, 0.3) is 0 Å². The number of rotatable bonds is 3. The molecular weight excluding hydrogens is 292 g/mol. The molecule has 2 heterocycles. The van der Waals surface area contributed by atoms with Crippen LogP contribution in [0.4, 0.5) is 5.69 Å². The van der Waals surface area contributed by atoms with E-state index in [1.54, 1.807) is 4.90 Å². The first kappa shape index (κ1) is 13.8. The maximum atomic E-state index is 12.5. The van der Waals surface area contributed by atoms with Crippen LogP contribution >= 0.6 is 0 Å². The van der Waals surface area contributed by atoms with Crippen LogP contribution in [-0.4, -0.2) is 27.9 Å². The second-order valence-electron chi connectivity index (χ2n) is 4.66. The Balaban J connectivity index is 1.91. The number of amides is 1. The summed E-state index contributed by atoms with van der Waals surface area (Å²) in [5.74, 6) is -0.321. The van der Waals surface area contributed by atoms with E-state index in [0.29, 0.717) is 6.54 Å². The summed E-state index contributed by atoms with van der Waals surface area (Å²) >= 11 is 0. The van der Waals surface area contributed by atoms with E-state index in [-0.39, 0.29) is 16.8 Å². The number of hydrogen-bond acceptors (Lipinski definition) is 4. The number of para-hydroxylation sites is 1. The van der Waals surface area contributed by atoms with Crippen LogP contribution in [0.2, 0.25) is 0 Å². The number of hydrogen-bond donors (Lipinski definition) is 1. The van der Waals surface area contributed by atoms with Crippen molar-refractivity contribution in [3.63, 3.8) is 0 Å². The topological polar surface area (TPSA) is 79.6 Å². The minimum atomic E-state index is -3.68. The van der Waals surface area contributed by atoms with Crippen molar-refractivity contribution >= 4 is 21.6 Å². The zero-order chi connectivity index (χ0) is 15.0. The van der Waals surface area contributed by atoms with Gasteiger partial charge in [-0.1, -0.05) is 18.2 Å². The number of fused-ring (bicyclic) bond motifs is 1. The monoisotopic (exact) mass is 306 g/mol. The lowest BCUT2D eigenvalue weighted by atomic mass is 10.2. The fourth-order valence-corrected chi connectivity index (χ4v) is 3.01. The van der Waals surface area contributed by atoms with E-state index in [9.17, 15) is 13.2 Å². The summed E-state index contributed by atoms with van der Waals surface area (Å²) in [7, 11) is -2.39. The molecule has 1 aliphatic rings. The van der Waals surface area contributed by atoms with Gasteiger partial charge in [0.15, 0.2) is 5.76 Å². The first-order valence-electron chi connectivity index (χ1n) is 6.46. The highest BCUT2D eigenvalue weighted by Gasteiger charge is 2.28. The molecule has 7 heteroatoms. The van der Waals surface area contributed by atoms with Crippen LogP contribution in [0.3, 0.4) is 0 Å². The normalized spacial score (nSPS) is 14.2. The molecule has 0 saturated carbocycles. The van der Waals surface area contributed by atoms with Crippen molar-refractivity contribution in [2.75, 3.05) is 18.5 Å². The zero-order valence-electron chi connectivity index (χ0n) is 11.4. The molecule has 110 valence electrons. The standard InChI is InChI=1S/C14H14N2O4S/c1-15-21(18,19)13-7-6-12(20-13)14(17)16-9-8-10-4-2-3-5-11(10)16/h2-7,15H,8-9H2,1H3. The van der Waals surface area contributed by atoms with Crippen molar-refractivity contribution in [3.05, 3.63) is 47.7 Å². The van der Waals surface area contributed by atoms with E-state index >= 15 is 0 Å². The van der Waals surface area contributed by atoms with E-state index < -0.39 is 10.0 Å². The third kappa shape index (κ3) is 2.34. The first-order valence-corrected chi connectivity index (χ1v) is 7.94. The molecule has 1 aromatic carbocycles. The van der Waals surface area contributed by atoms with Crippen LogP contribution in [-0.2, 0) is 16.4 Å². The van der Waals surface area contributed by atoms with Gasteiger partial charge < -0.3 is 9.32 Å². The van der Waals surface area contributed by atoms with Crippen LogP contribution in [0.1, 0.15) is 16.1 Å². The lowest BCUT2D eigenvalue weighted by Gasteiger charge is -2.15. The van der Waals surface area contributed by atoms with Crippen molar-refractivity contribution in [2.24, 2.45) is 0 Å². The third-order valence-corrected chi connectivity index (χ3v) is 4.74. The highest BCUT2D eigenvalue weighted by Crippen LogP contribution is 2.29. The van der Waals surface area contributed by atoms with Gasteiger partial charge in [-0.25, -0.2) is 13.1 Å². The number of nitrogens with one attached hydrogen (secondary N) is 1. The van der Waals surface area contributed by atoms with Gasteiger partial charge in [-0.05, 0) is 37.2 Å². The van der Waals surface area contributed by atoms with Gasteiger partial charge >= 0.3 is 0 Å². The molecule has 0 unspecified atom stereocenters. The lowest BCUT2D eigenvalue weighted by Crippen LogP contribution is -2.28. The van der Waals surface area contributed by atoms with E-state index in [4.69, 9.17) is 4.42 Å². The van der Waals surface area contributed by atoms with E-state index in [1.165, 1.54) is 19.2 Å². The van der Waals surface area contributed by atoms with Crippen LogP contribution < -0.4 is 9.62 Å². The molecule has 1 N–H and O–H groups in total. The van der Waals surface area contributed by atoms with Crippen molar-refractivity contribution in [2.45, 2.75) is 11.5 Å². The summed E-state index contributed by atoms with van der Waals surface area (Å²) in [6.07, 6.45) is 0.782. The Hall–Kier alpha value is -2.12. The second kappa shape index (κ2) is 5.01. The van der Waals surface area contributed by atoms with Crippen LogP contribution in [0.15, 0.2) is 45.9 Å². The van der Waals surface area contributed by atoms with Gasteiger partial charge in [0.1, 0.15) is 0 Å². The average Bonchev–Trinajstić information content (AvgIpc) is 3.14. The number of benzene rings is 1. The number of nitrogens with zero attached hydrogens (tertiary/aromatic N) is 1. The van der Waals surface area contributed by atoms with E-state index in [0.717, 1.165) is 17.7 Å². The van der Waals surface area contributed by atoms with Crippen LogP contribution in [0.5, 0.6) is 0 Å². The smallest absolute Gasteiger partial charge is 0.294 e. The molecule has 1 aliphatic heterocycles. The van der Waals surface area contributed by atoms with Crippen molar-refractivity contribution < 1.29 is 17.6 Å². The Kier molecular flexibility index (Phi) is 3.30. The Morgan fingerprint density at radius 2 is 2.00 bits per heavy atom. The van der Waals surface area contributed by atoms with Crippen molar-refractivity contribution in [1.82, 2.24) is 4.72 Å². The molecule has 0 atom stereocenters. The molecule has 0 bridgehead atoms. The highest BCUT2D eigenvalue weighted by molar-refractivity contribution is 7.89. The van der Waals surface area contributed by atoms with E-state index in [1.807, 2.05) is 24.3 Å². The molecule has 0 saturated heterocycles. The molecule has 1 aromatic heterocycles. The van der Waals surface area contributed by atoms with Gasteiger partial charge in [-0.15, -0.1) is 0 Å². The number of anilines is 1. The minimum Gasteiger partial charge on any atom is -0.438 e. The molecule has 0 fully saturated rings. The fraction of sp³-hybridized carbons (Fsp3) is 0.214. The number of carbonyl (C=O) groups is 1. The first-order chi connectivity index (χ1) is 10.0. The van der Waals surface area contributed by atoms with Gasteiger partial charge in [-0.3, -0.25) is 4.79 Å². The largest absolute Gasteiger partial charge is 0.438 e. The maximum absolute atomic E-state index is 12.5. The molecule has 0 aliphatic carbocycles. The van der Waals surface area contributed by atoms with Crippen molar-refractivity contribution in [1.29, 1.82) is 0 Å². The molecule has 6 nitrogen and oxygen atoms in total. The van der Waals surface area contributed by atoms with Gasteiger partial charge in [0.05, 0.1) is 0 Å². The van der Waals surface area contributed by atoms with Gasteiger partial charge in [0.2, 0.25) is 5.09 Å². The Morgan fingerprint density at radius 3 is 2.76 bits per heavy atom. The van der Waals surface area contributed by atoms with E-state index in [2.05, 4.69) is 4.72 Å². The molecule has 0 spiro atoms. The number of sulfonamides is 1. The average molecular weight is 306 g/mol. The summed E-state index contributed by atoms with van der Waals surface area (Å²) in [5.41, 5.74) is 1.94. The highest BCUT2D eigenvalue weighted by atomic mass is 32.2. The Labute approximate surface area is 122 Å². The van der Waals surface area contributed by atoms with Gasteiger partial charge in [0, 0.05) is 12.2 Å². The predicted octanol–water partition coefficient (Wildman–Crippen LogP) is 1.39. The number of furan rings is 1. The molecular formula is C14H14N2O4S. The summed E-state index contributed by atoms with van der Waals surface area (Å²) in [6.45, 7) is 0.562. The third-order valence-electron chi connectivity index (χ3n) is 3.46. The van der Waals surface area contributed by atoms with Crippen molar-refractivity contribution in [3.8, 4) is 0 Å². The molecule has 1 amide bonds. The van der Waals surface area contributed by atoms with Gasteiger partial charge in [-0.2, -0.15) is 0 Å². The number of carbonyl (C=O) groups excluding carboxylic acids is 1. The summed E-state index contributed by atoms with van der Waals surface area (Å²) in [5, 5.41) is -0.263.